The van der Waals surface area contributed by atoms with Gasteiger partial charge in [0.2, 0.25) is 0 Å². The van der Waals surface area contributed by atoms with Gasteiger partial charge in [-0.1, -0.05) is 42.5 Å². The van der Waals surface area contributed by atoms with Gasteiger partial charge in [0.1, 0.15) is 6.61 Å². The molecule has 1 aliphatic rings. The Bertz CT molecular complexity index is 908. The molecule has 0 unspecified atom stereocenters. The molecule has 2 amide bonds. The number of ether oxygens (including phenoxy) is 3. The number of carbonyl (C=O) groups is 2. The van der Waals surface area contributed by atoms with E-state index in [4.69, 9.17) is 14.2 Å². The number of methoxy groups -OCH3 is 2. The average molecular weight is 382 g/mol. The lowest BCUT2D eigenvalue weighted by Gasteiger charge is -2.29. The van der Waals surface area contributed by atoms with Gasteiger partial charge in [0, 0.05) is 11.3 Å². The number of carbonyl (C=O) groups excluding carboxylic acids is 2. The highest BCUT2D eigenvalue weighted by Crippen LogP contribution is 2.39. The second-order valence-corrected chi connectivity index (χ2v) is 6.21. The fourth-order valence-electron chi connectivity index (χ4n) is 3.11. The minimum Gasteiger partial charge on any atom is -0.493 e. The number of para-hydroxylation sites is 1. The largest absolute Gasteiger partial charge is 0.493 e. The van der Waals surface area contributed by atoms with Crippen molar-refractivity contribution < 1.29 is 23.8 Å². The Balaban J connectivity index is 2.03. The van der Waals surface area contributed by atoms with Crippen LogP contribution in [0.1, 0.15) is 24.1 Å². The molecule has 7 heteroatoms. The van der Waals surface area contributed by atoms with Gasteiger partial charge in [-0.05, 0) is 18.6 Å². The van der Waals surface area contributed by atoms with Gasteiger partial charge in [0.15, 0.2) is 11.5 Å². The number of urea groups is 1. The zero-order chi connectivity index (χ0) is 20.1. The van der Waals surface area contributed by atoms with E-state index in [-0.39, 0.29) is 0 Å². The van der Waals surface area contributed by atoms with Crippen LogP contribution in [0, 0.1) is 0 Å². The van der Waals surface area contributed by atoms with Crippen LogP contribution in [-0.2, 0) is 16.1 Å². The fraction of sp³-hybridized carbons (Fsp3) is 0.238. The van der Waals surface area contributed by atoms with Gasteiger partial charge in [-0.2, -0.15) is 0 Å². The molecule has 0 fully saturated rings. The molecule has 28 heavy (non-hydrogen) atoms. The van der Waals surface area contributed by atoms with Crippen LogP contribution in [0.3, 0.4) is 0 Å². The predicted octanol–water partition coefficient (Wildman–Crippen LogP) is 3.08. The highest BCUT2D eigenvalue weighted by molar-refractivity contribution is 5.95. The summed E-state index contributed by atoms with van der Waals surface area (Å²) in [6.07, 6.45) is 0. The van der Waals surface area contributed by atoms with Crippen molar-refractivity contribution >= 4 is 12.0 Å². The standard InChI is InChI=1S/C21H22N2O5/c1-13-17(20(24)27-3)18(23-21(25)22-13)15-10-7-11-16(26-2)19(15)28-12-14-8-5-4-6-9-14/h4-11,18H,12H2,1-3H3,(H2,22,23,25)/t18-/m0/s1. The normalized spacial score (nSPS) is 16.1. The van der Waals surface area contributed by atoms with E-state index in [9.17, 15) is 9.59 Å². The fourth-order valence-corrected chi connectivity index (χ4v) is 3.11. The van der Waals surface area contributed by atoms with Crippen molar-refractivity contribution in [3.63, 3.8) is 0 Å². The molecule has 0 radical (unpaired) electrons. The summed E-state index contributed by atoms with van der Waals surface area (Å²) in [5.41, 5.74) is 2.32. The van der Waals surface area contributed by atoms with E-state index in [0.717, 1.165) is 5.56 Å². The topological polar surface area (TPSA) is 85.9 Å². The first-order valence-electron chi connectivity index (χ1n) is 8.75. The molecule has 0 aromatic heterocycles. The highest BCUT2D eigenvalue weighted by atomic mass is 16.5. The number of allylic oxidation sites excluding steroid dienone is 1. The van der Waals surface area contributed by atoms with Crippen LogP contribution in [0.5, 0.6) is 11.5 Å². The highest BCUT2D eigenvalue weighted by Gasteiger charge is 2.34. The molecule has 0 aliphatic carbocycles. The smallest absolute Gasteiger partial charge is 0.337 e. The summed E-state index contributed by atoms with van der Waals surface area (Å²) in [7, 11) is 2.84. The zero-order valence-corrected chi connectivity index (χ0v) is 15.9. The second kappa shape index (κ2) is 8.47. The number of benzene rings is 2. The van der Waals surface area contributed by atoms with Gasteiger partial charge >= 0.3 is 12.0 Å². The average Bonchev–Trinajstić information content (AvgIpc) is 2.71. The Labute approximate surface area is 163 Å². The predicted molar refractivity (Wildman–Crippen MR) is 103 cm³/mol. The molecule has 0 bridgehead atoms. The molecular formula is C21H22N2O5. The minimum absolute atomic E-state index is 0.305. The lowest BCUT2D eigenvalue weighted by Crippen LogP contribution is -2.45. The van der Waals surface area contributed by atoms with Gasteiger partial charge in [-0.25, -0.2) is 9.59 Å². The van der Waals surface area contributed by atoms with Crippen LogP contribution in [0.15, 0.2) is 59.8 Å². The number of rotatable bonds is 6. The van der Waals surface area contributed by atoms with Crippen molar-refractivity contribution in [3.05, 3.63) is 70.9 Å². The molecule has 2 N–H and O–H groups in total. The lowest BCUT2D eigenvalue weighted by atomic mass is 9.94. The van der Waals surface area contributed by atoms with E-state index in [1.54, 1.807) is 25.1 Å². The van der Waals surface area contributed by atoms with Gasteiger partial charge in [-0.15, -0.1) is 0 Å². The Hall–Kier alpha value is -3.48. The van der Waals surface area contributed by atoms with Crippen LogP contribution in [0.4, 0.5) is 4.79 Å². The van der Waals surface area contributed by atoms with Gasteiger partial charge in [0.25, 0.3) is 0 Å². The molecule has 1 atom stereocenters. The first-order chi connectivity index (χ1) is 13.5. The third-order valence-corrected chi connectivity index (χ3v) is 4.44. The molecular weight excluding hydrogens is 360 g/mol. The summed E-state index contributed by atoms with van der Waals surface area (Å²) in [6, 6.07) is 13.9. The minimum atomic E-state index is -0.734. The molecule has 1 aliphatic heterocycles. The lowest BCUT2D eigenvalue weighted by molar-refractivity contribution is -0.136. The SMILES string of the molecule is COC(=O)C1=C(C)NC(=O)N[C@H]1c1cccc(OC)c1OCc1ccccc1. The van der Waals surface area contributed by atoms with Crippen LogP contribution in [0.25, 0.3) is 0 Å². The number of nitrogens with one attached hydrogen (secondary N) is 2. The van der Waals surface area contributed by atoms with Crippen LogP contribution in [0.2, 0.25) is 0 Å². The van der Waals surface area contributed by atoms with Gasteiger partial charge in [0.05, 0.1) is 25.8 Å². The summed E-state index contributed by atoms with van der Waals surface area (Å²) < 4.78 is 16.4. The number of hydrogen-bond donors (Lipinski definition) is 2. The maximum Gasteiger partial charge on any atom is 0.337 e. The maximum atomic E-state index is 12.4. The van der Waals surface area contributed by atoms with E-state index in [1.807, 2.05) is 30.3 Å². The van der Waals surface area contributed by atoms with Gasteiger partial charge in [-0.3, -0.25) is 0 Å². The van der Waals surface area contributed by atoms with Crippen molar-refractivity contribution in [1.29, 1.82) is 0 Å². The molecule has 2 aromatic carbocycles. The van der Waals surface area contributed by atoms with Crippen LogP contribution >= 0.6 is 0 Å². The second-order valence-electron chi connectivity index (χ2n) is 6.21. The third kappa shape index (κ3) is 3.93. The van der Waals surface area contributed by atoms with Crippen molar-refractivity contribution in [1.82, 2.24) is 10.6 Å². The van der Waals surface area contributed by atoms with E-state index >= 15 is 0 Å². The number of amides is 2. The summed E-state index contributed by atoms with van der Waals surface area (Å²) in [4.78, 5) is 24.4. The molecule has 146 valence electrons. The third-order valence-electron chi connectivity index (χ3n) is 4.44. The Morgan fingerprint density at radius 3 is 2.50 bits per heavy atom. The van der Waals surface area contributed by atoms with E-state index in [0.29, 0.717) is 34.9 Å². The van der Waals surface area contributed by atoms with Crippen LogP contribution < -0.4 is 20.1 Å². The molecule has 0 saturated heterocycles. The molecule has 7 nitrogen and oxygen atoms in total. The Kier molecular flexibility index (Phi) is 5.84. The van der Waals surface area contributed by atoms with Crippen molar-refractivity contribution in [2.24, 2.45) is 0 Å². The van der Waals surface area contributed by atoms with Crippen molar-refractivity contribution in [3.8, 4) is 11.5 Å². The Morgan fingerprint density at radius 1 is 1.07 bits per heavy atom. The van der Waals surface area contributed by atoms with Crippen molar-refractivity contribution in [2.45, 2.75) is 19.6 Å². The van der Waals surface area contributed by atoms with E-state index in [1.165, 1.54) is 14.2 Å². The molecule has 3 rings (SSSR count). The summed E-state index contributed by atoms with van der Waals surface area (Å²) in [5, 5.41) is 5.38. The first-order valence-corrected chi connectivity index (χ1v) is 8.75. The summed E-state index contributed by atoms with van der Waals surface area (Å²) in [5.74, 6) is 0.421. The van der Waals surface area contributed by atoms with Gasteiger partial charge < -0.3 is 24.8 Å². The molecule has 0 saturated carbocycles. The quantitative estimate of drug-likeness (QED) is 0.750. The molecule has 1 heterocycles. The zero-order valence-electron chi connectivity index (χ0n) is 15.9. The summed E-state index contributed by atoms with van der Waals surface area (Å²) in [6.45, 7) is 1.96. The van der Waals surface area contributed by atoms with Crippen LogP contribution in [-0.4, -0.2) is 26.2 Å². The number of hydrogen-bond acceptors (Lipinski definition) is 5. The molecule has 0 spiro atoms. The van der Waals surface area contributed by atoms with E-state index in [2.05, 4.69) is 10.6 Å². The number of esters is 1. The molecule has 2 aromatic rings. The Morgan fingerprint density at radius 2 is 1.82 bits per heavy atom. The maximum absolute atomic E-state index is 12.4. The monoisotopic (exact) mass is 382 g/mol. The van der Waals surface area contributed by atoms with E-state index < -0.39 is 18.0 Å². The first kappa shape index (κ1) is 19.3. The summed E-state index contributed by atoms with van der Waals surface area (Å²) >= 11 is 0. The van der Waals surface area contributed by atoms with Crippen molar-refractivity contribution in [2.75, 3.05) is 14.2 Å².